The van der Waals surface area contributed by atoms with Crippen LogP contribution >= 0.6 is 0 Å². The minimum Gasteiger partial charge on any atom is -0.443 e. The van der Waals surface area contributed by atoms with Crippen molar-refractivity contribution in [3.05, 3.63) is 35.4 Å². The van der Waals surface area contributed by atoms with Crippen LogP contribution in [0, 0.1) is 0 Å². The first-order valence-electron chi connectivity index (χ1n) is 7.21. The average Bonchev–Trinajstić information content (AvgIpc) is 2.77. The molecule has 9 heteroatoms. The number of rotatable bonds is 2. The third-order valence-electron chi connectivity index (χ3n) is 3.18. The summed E-state index contributed by atoms with van der Waals surface area (Å²) < 4.78 is 60.7. The van der Waals surface area contributed by atoms with E-state index in [1.807, 2.05) is 0 Å². The largest absolute Gasteiger partial charge is 0.443 e. The van der Waals surface area contributed by atoms with E-state index >= 15 is 0 Å². The molecule has 1 aromatic rings. The number of hydrogen-bond acceptors (Lipinski definition) is 4. The van der Waals surface area contributed by atoms with Gasteiger partial charge in [0.25, 0.3) is 11.3 Å². The highest BCUT2D eigenvalue weighted by Gasteiger charge is 2.39. The van der Waals surface area contributed by atoms with Crippen molar-refractivity contribution in [1.82, 2.24) is 4.31 Å². The van der Waals surface area contributed by atoms with Crippen molar-refractivity contribution in [3.8, 4) is 0 Å². The molecule has 0 spiro atoms. The SMILES string of the molecule is CC(C)(C)OC(=O)N1[C@@H](Cc2ccc(C(F)(F)F)cc2)CO[S@@]1=O. The number of amides is 1. The number of hydrogen-bond donors (Lipinski definition) is 0. The number of alkyl halides is 3. The molecular formula is C15H18F3NO4S. The summed E-state index contributed by atoms with van der Waals surface area (Å²) in [5, 5.41) is 0. The van der Waals surface area contributed by atoms with Gasteiger partial charge in [0.15, 0.2) is 0 Å². The number of benzene rings is 1. The zero-order valence-corrected chi connectivity index (χ0v) is 14.2. The summed E-state index contributed by atoms with van der Waals surface area (Å²) in [5.74, 6) is 0. The van der Waals surface area contributed by atoms with Crippen LogP contribution in [0.2, 0.25) is 0 Å². The summed E-state index contributed by atoms with van der Waals surface area (Å²) in [6, 6.07) is 4.03. The zero-order chi connectivity index (χ0) is 18.1. The maximum absolute atomic E-state index is 12.6. The van der Waals surface area contributed by atoms with Crippen LogP contribution in [0.1, 0.15) is 31.9 Å². The van der Waals surface area contributed by atoms with Crippen LogP contribution in [0.25, 0.3) is 0 Å². The Labute approximate surface area is 140 Å². The lowest BCUT2D eigenvalue weighted by atomic mass is 10.0. The second-order valence-electron chi connectivity index (χ2n) is 6.36. The first-order valence-corrected chi connectivity index (χ1v) is 8.24. The fourth-order valence-electron chi connectivity index (χ4n) is 2.14. The topological polar surface area (TPSA) is 55.8 Å². The summed E-state index contributed by atoms with van der Waals surface area (Å²) in [5.41, 5.74) is -0.937. The molecule has 2 atom stereocenters. The van der Waals surface area contributed by atoms with Crippen LogP contribution in [0.3, 0.4) is 0 Å². The third kappa shape index (κ3) is 4.70. The molecule has 0 N–H and O–H groups in total. The summed E-state index contributed by atoms with van der Waals surface area (Å²) >= 11 is -1.97. The minimum absolute atomic E-state index is 0.0207. The van der Waals surface area contributed by atoms with Crippen LogP contribution in [0.5, 0.6) is 0 Å². The minimum atomic E-state index is -4.40. The van der Waals surface area contributed by atoms with Gasteiger partial charge in [-0.3, -0.25) is 4.18 Å². The molecule has 1 heterocycles. The van der Waals surface area contributed by atoms with E-state index in [1.165, 1.54) is 12.1 Å². The van der Waals surface area contributed by atoms with Crippen molar-refractivity contribution >= 4 is 17.4 Å². The normalized spacial score (nSPS) is 21.8. The van der Waals surface area contributed by atoms with Crippen LogP contribution in [0.4, 0.5) is 18.0 Å². The number of carbonyl (C=O) groups excluding carboxylic acids is 1. The van der Waals surface area contributed by atoms with Crippen molar-refractivity contribution in [2.45, 2.75) is 45.0 Å². The Hall–Kier alpha value is -1.61. The number of ether oxygens (including phenoxy) is 1. The van der Waals surface area contributed by atoms with Gasteiger partial charge in [0.2, 0.25) is 0 Å². The fraction of sp³-hybridized carbons (Fsp3) is 0.533. The average molecular weight is 365 g/mol. The van der Waals surface area contributed by atoms with Gasteiger partial charge in [0.05, 0.1) is 18.2 Å². The monoisotopic (exact) mass is 365 g/mol. The molecule has 134 valence electrons. The molecule has 1 saturated heterocycles. The Balaban J connectivity index is 2.10. The second-order valence-corrected chi connectivity index (χ2v) is 7.42. The highest BCUT2D eigenvalue weighted by atomic mass is 32.2. The molecule has 1 amide bonds. The second kappa shape index (κ2) is 6.72. The highest BCUT2D eigenvalue weighted by molar-refractivity contribution is 7.78. The van der Waals surface area contributed by atoms with Crippen molar-refractivity contribution in [2.75, 3.05) is 6.61 Å². The van der Waals surface area contributed by atoms with E-state index in [4.69, 9.17) is 8.92 Å². The molecule has 24 heavy (non-hydrogen) atoms. The van der Waals surface area contributed by atoms with E-state index in [1.54, 1.807) is 20.8 Å². The smallest absolute Gasteiger partial charge is 0.424 e. The molecule has 0 aromatic heterocycles. The van der Waals surface area contributed by atoms with Crippen LogP contribution in [0.15, 0.2) is 24.3 Å². The molecule has 0 aliphatic carbocycles. The van der Waals surface area contributed by atoms with Gasteiger partial charge in [0, 0.05) is 0 Å². The molecule has 1 aromatic carbocycles. The molecule has 2 rings (SSSR count). The molecular weight excluding hydrogens is 347 g/mol. The van der Waals surface area contributed by atoms with Crippen LogP contribution in [-0.4, -0.2) is 32.9 Å². The molecule has 0 saturated carbocycles. The quantitative estimate of drug-likeness (QED) is 0.805. The van der Waals surface area contributed by atoms with Gasteiger partial charge in [0.1, 0.15) is 5.60 Å². The summed E-state index contributed by atoms with van der Waals surface area (Å²) in [7, 11) is 0. The van der Waals surface area contributed by atoms with E-state index in [0.29, 0.717) is 5.56 Å². The van der Waals surface area contributed by atoms with Crippen molar-refractivity contribution in [3.63, 3.8) is 0 Å². The first-order chi connectivity index (χ1) is 11.0. The third-order valence-corrected chi connectivity index (χ3v) is 4.29. The number of halogens is 3. The van der Waals surface area contributed by atoms with Gasteiger partial charge >= 0.3 is 12.3 Å². The first kappa shape index (κ1) is 18.7. The summed E-state index contributed by atoms with van der Waals surface area (Å²) in [4.78, 5) is 12.1. The van der Waals surface area contributed by atoms with Crippen molar-refractivity contribution in [1.29, 1.82) is 0 Å². The van der Waals surface area contributed by atoms with Crippen molar-refractivity contribution < 1.29 is 31.1 Å². The molecule has 5 nitrogen and oxygen atoms in total. The molecule has 1 aliphatic rings. The van der Waals surface area contributed by atoms with Gasteiger partial charge in [-0.25, -0.2) is 9.00 Å². The standard InChI is InChI=1S/C15H18F3NO4S/c1-14(2,3)23-13(20)19-12(9-22-24(19)21)8-10-4-6-11(7-5-10)15(16,17)18/h4-7,12H,8-9H2,1-3H3/t12-,24-/m0/s1. The Bertz CT molecular complexity index is 625. The summed E-state index contributed by atoms with van der Waals surface area (Å²) in [6.45, 7) is 5.05. The Morgan fingerprint density at radius 2 is 1.88 bits per heavy atom. The van der Waals surface area contributed by atoms with E-state index < -0.39 is 40.7 Å². The van der Waals surface area contributed by atoms with E-state index in [2.05, 4.69) is 0 Å². The van der Waals surface area contributed by atoms with E-state index in [0.717, 1.165) is 16.4 Å². The molecule has 1 aliphatic heterocycles. The fourth-order valence-corrected chi connectivity index (χ4v) is 3.07. The molecule has 1 fully saturated rings. The van der Waals surface area contributed by atoms with E-state index in [9.17, 15) is 22.2 Å². The van der Waals surface area contributed by atoms with Gasteiger partial charge in [-0.05, 0) is 44.9 Å². The van der Waals surface area contributed by atoms with Gasteiger partial charge in [-0.15, -0.1) is 0 Å². The van der Waals surface area contributed by atoms with E-state index in [-0.39, 0.29) is 13.0 Å². The van der Waals surface area contributed by atoms with Gasteiger partial charge in [-0.1, -0.05) is 12.1 Å². The predicted molar refractivity (Wildman–Crippen MR) is 81.1 cm³/mol. The number of carbonyl (C=O) groups is 1. The molecule has 0 unspecified atom stereocenters. The lowest BCUT2D eigenvalue weighted by molar-refractivity contribution is -0.137. The lowest BCUT2D eigenvalue weighted by Crippen LogP contribution is -2.41. The van der Waals surface area contributed by atoms with Crippen LogP contribution in [-0.2, 0) is 32.8 Å². The maximum atomic E-state index is 12.6. The summed E-state index contributed by atoms with van der Waals surface area (Å²) in [6.07, 6.45) is -4.97. The molecule has 0 radical (unpaired) electrons. The molecule has 0 bridgehead atoms. The van der Waals surface area contributed by atoms with Crippen LogP contribution < -0.4 is 0 Å². The Morgan fingerprint density at radius 1 is 1.29 bits per heavy atom. The van der Waals surface area contributed by atoms with Crippen molar-refractivity contribution in [2.24, 2.45) is 0 Å². The lowest BCUT2D eigenvalue weighted by Gasteiger charge is -2.25. The Kier molecular flexibility index (Phi) is 5.24. The maximum Gasteiger partial charge on any atom is 0.424 e. The van der Waals surface area contributed by atoms with Gasteiger partial charge in [-0.2, -0.15) is 17.5 Å². The van der Waals surface area contributed by atoms with Gasteiger partial charge < -0.3 is 4.74 Å². The highest BCUT2D eigenvalue weighted by Crippen LogP contribution is 2.30. The zero-order valence-electron chi connectivity index (χ0n) is 13.4. The number of nitrogens with zero attached hydrogens (tertiary/aromatic N) is 1. The Morgan fingerprint density at radius 3 is 2.38 bits per heavy atom. The predicted octanol–water partition coefficient (Wildman–Crippen LogP) is 3.46.